The number of hydrogen-bond donors (Lipinski definition) is 0. The van der Waals surface area contributed by atoms with Gasteiger partial charge in [0.25, 0.3) is 5.56 Å². The Bertz CT molecular complexity index is 1740. The number of fused-ring (bicyclic) bond motifs is 1. The molecule has 0 fully saturated rings. The number of aromatic nitrogens is 1. The lowest BCUT2D eigenvalue weighted by Crippen LogP contribution is -2.40. The number of esters is 2. The zero-order chi connectivity index (χ0) is 31.8. The fourth-order valence-corrected chi connectivity index (χ4v) is 6.03. The number of methoxy groups -OCH3 is 1. The van der Waals surface area contributed by atoms with Gasteiger partial charge < -0.3 is 23.7 Å². The van der Waals surface area contributed by atoms with Gasteiger partial charge >= 0.3 is 11.9 Å². The molecule has 2 heterocycles. The van der Waals surface area contributed by atoms with Gasteiger partial charge in [0, 0.05) is 10.6 Å². The Hall–Kier alpha value is -4.09. The highest BCUT2D eigenvalue weighted by molar-refractivity contribution is 7.07. The molecule has 0 saturated carbocycles. The molecule has 0 unspecified atom stereocenters. The Kier molecular flexibility index (Phi) is 11.2. The average Bonchev–Trinajstić information content (AvgIpc) is 3.30. The van der Waals surface area contributed by atoms with Gasteiger partial charge in [-0.05, 0) is 69.2 Å². The third kappa shape index (κ3) is 7.16. The lowest BCUT2D eigenvalue weighted by molar-refractivity contribution is -0.145. The number of ether oxygens (including phenoxy) is 5. The average molecular weight is 643 g/mol. The van der Waals surface area contributed by atoms with Gasteiger partial charge in [-0.25, -0.2) is 14.6 Å². The van der Waals surface area contributed by atoms with Crippen molar-refractivity contribution in [1.82, 2.24) is 4.57 Å². The molecule has 1 aliphatic rings. The van der Waals surface area contributed by atoms with Crippen molar-refractivity contribution in [3.63, 3.8) is 0 Å². The fourth-order valence-electron chi connectivity index (χ4n) is 4.83. The monoisotopic (exact) mass is 642 g/mol. The zero-order valence-corrected chi connectivity index (χ0v) is 26.9. The Morgan fingerprint density at radius 1 is 0.977 bits per heavy atom. The molecule has 10 nitrogen and oxygen atoms in total. The molecule has 1 atom stereocenters. The van der Waals surface area contributed by atoms with Crippen molar-refractivity contribution in [1.29, 1.82) is 0 Å². The predicted octanol–water partition coefficient (Wildman–Crippen LogP) is 4.58. The molecule has 0 amide bonds. The molecular formula is C32H35ClN2O8S. The summed E-state index contributed by atoms with van der Waals surface area (Å²) in [6.07, 6.45) is 2.95. The summed E-state index contributed by atoms with van der Waals surface area (Å²) in [4.78, 5) is 44.6. The van der Waals surface area contributed by atoms with Gasteiger partial charge in [0.15, 0.2) is 22.9 Å². The van der Waals surface area contributed by atoms with Crippen LogP contribution in [0.1, 0.15) is 57.7 Å². The van der Waals surface area contributed by atoms with Gasteiger partial charge in [-0.1, -0.05) is 42.3 Å². The largest absolute Gasteiger partial charge is 0.496 e. The molecule has 234 valence electrons. The van der Waals surface area contributed by atoms with Crippen molar-refractivity contribution in [2.24, 2.45) is 4.99 Å². The number of hydrogen-bond acceptors (Lipinski definition) is 10. The SMILES string of the molecule is CCCC1=C(C(=O)OCC)[C@@H](c2cc(Cl)ccc2OC)n2c(s/c(=C/c3ccc(OCC(=O)OCC)c(OCC)c3)c2=O)=N1. The molecule has 0 N–H and O–H groups in total. The molecule has 0 aliphatic carbocycles. The molecule has 1 aromatic heterocycles. The van der Waals surface area contributed by atoms with Gasteiger partial charge in [-0.2, -0.15) is 0 Å². The summed E-state index contributed by atoms with van der Waals surface area (Å²) in [5.41, 5.74) is 1.68. The third-order valence-electron chi connectivity index (χ3n) is 6.59. The summed E-state index contributed by atoms with van der Waals surface area (Å²) in [5, 5.41) is 0.425. The van der Waals surface area contributed by atoms with E-state index in [0.717, 1.165) is 6.42 Å². The number of allylic oxidation sites excluding steroid dienone is 1. The van der Waals surface area contributed by atoms with Crippen LogP contribution in [0.15, 0.2) is 57.5 Å². The molecule has 44 heavy (non-hydrogen) atoms. The molecule has 12 heteroatoms. The van der Waals surface area contributed by atoms with E-state index in [1.807, 2.05) is 13.8 Å². The van der Waals surface area contributed by atoms with Crippen molar-refractivity contribution in [2.75, 3.05) is 33.5 Å². The predicted molar refractivity (Wildman–Crippen MR) is 167 cm³/mol. The molecule has 1 aliphatic heterocycles. The maximum atomic E-state index is 14.1. The number of halogens is 1. The first-order valence-electron chi connectivity index (χ1n) is 14.4. The number of benzene rings is 2. The van der Waals surface area contributed by atoms with E-state index < -0.39 is 18.0 Å². The standard InChI is InChI=1S/C32H35ClN2O8S/c1-6-10-22-28(31(38)42-9-4)29(21-17-20(33)12-14-23(21)39-5)35-30(37)26(44-32(35)34-22)16-19-11-13-24(25(15-19)40-7-2)43-18-27(36)41-8-3/h11-17,29H,6-10,18H2,1-5H3/b26-16+/t29-/m1/s1. The van der Waals surface area contributed by atoms with E-state index in [1.54, 1.807) is 56.3 Å². The summed E-state index contributed by atoms with van der Waals surface area (Å²) in [7, 11) is 1.52. The van der Waals surface area contributed by atoms with Crippen molar-refractivity contribution in [2.45, 2.75) is 46.6 Å². The van der Waals surface area contributed by atoms with Crippen molar-refractivity contribution in [3.05, 3.63) is 83.5 Å². The quantitative estimate of drug-likeness (QED) is 0.249. The minimum absolute atomic E-state index is 0.160. The first-order valence-corrected chi connectivity index (χ1v) is 15.6. The van der Waals surface area contributed by atoms with E-state index in [9.17, 15) is 14.4 Å². The van der Waals surface area contributed by atoms with Crippen LogP contribution in [0.5, 0.6) is 17.2 Å². The van der Waals surface area contributed by atoms with Crippen LogP contribution in [0.25, 0.3) is 6.08 Å². The molecule has 0 radical (unpaired) electrons. The van der Waals surface area contributed by atoms with Crippen LogP contribution in [0.4, 0.5) is 0 Å². The van der Waals surface area contributed by atoms with E-state index in [4.69, 9.17) is 40.3 Å². The maximum Gasteiger partial charge on any atom is 0.344 e. The lowest BCUT2D eigenvalue weighted by atomic mass is 9.93. The summed E-state index contributed by atoms with van der Waals surface area (Å²) < 4.78 is 29.3. The van der Waals surface area contributed by atoms with Crippen LogP contribution >= 0.6 is 22.9 Å². The summed E-state index contributed by atoms with van der Waals surface area (Å²) in [5.74, 6) is 0.203. The number of carbonyl (C=O) groups is 2. The van der Waals surface area contributed by atoms with E-state index >= 15 is 0 Å². The normalized spacial score (nSPS) is 14.5. The highest BCUT2D eigenvalue weighted by Gasteiger charge is 2.36. The van der Waals surface area contributed by atoms with Crippen LogP contribution in [-0.2, 0) is 19.1 Å². The molecule has 4 rings (SSSR count). The van der Waals surface area contributed by atoms with E-state index in [-0.39, 0.29) is 31.0 Å². The highest BCUT2D eigenvalue weighted by atomic mass is 35.5. The van der Waals surface area contributed by atoms with Gasteiger partial charge in [0.05, 0.1) is 42.7 Å². The van der Waals surface area contributed by atoms with Gasteiger partial charge in [0.1, 0.15) is 11.8 Å². The minimum Gasteiger partial charge on any atom is -0.496 e. The second-order valence-electron chi connectivity index (χ2n) is 9.53. The van der Waals surface area contributed by atoms with Crippen molar-refractivity contribution >= 4 is 41.0 Å². The van der Waals surface area contributed by atoms with E-state index in [2.05, 4.69) is 0 Å². The summed E-state index contributed by atoms with van der Waals surface area (Å²) in [6, 6.07) is 9.36. The minimum atomic E-state index is -0.875. The number of rotatable bonds is 13. The van der Waals surface area contributed by atoms with Crippen LogP contribution in [0.2, 0.25) is 5.02 Å². The van der Waals surface area contributed by atoms with Gasteiger partial charge in [0.2, 0.25) is 0 Å². The second kappa shape index (κ2) is 15.1. The molecular weight excluding hydrogens is 608 g/mol. The van der Waals surface area contributed by atoms with Crippen LogP contribution in [0.3, 0.4) is 0 Å². The molecule has 0 spiro atoms. The maximum absolute atomic E-state index is 14.1. The molecule has 2 aromatic carbocycles. The Morgan fingerprint density at radius 3 is 2.41 bits per heavy atom. The highest BCUT2D eigenvalue weighted by Crippen LogP contribution is 2.38. The Morgan fingerprint density at radius 2 is 1.73 bits per heavy atom. The van der Waals surface area contributed by atoms with Crippen LogP contribution < -0.4 is 29.1 Å². The zero-order valence-electron chi connectivity index (χ0n) is 25.3. The van der Waals surface area contributed by atoms with Gasteiger partial charge in [-0.15, -0.1) is 0 Å². The Balaban J connectivity index is 1.89. The number of thiazole rings is 1. The van der Waals surface area contributed by atoms with E-state index in [1.165, 1.54) is 23.0 Å². The second-order valence-corrected chi connectivity index (χ2v) is 11.0. The van der Waals surface area contributed by atoms with Crippen LogP contribution in [-0.4, -0.2) is 50.0 Å². The molecule has 3 aromatic rings. The third-order valence-corrected chi connectivity index (χ3v) is 7.81. The van der Waals surface area contributed by atoms with E-state index in [0.29, 0.717) is 61.5 Å². The first kappa shape index (κ1) is 32.8. The van der Waals surface area contributed by atoms with Crippen molar-refractivity contribution in [3.8, 4) is 17.2 Å². The smallest absolute Gasteiger partial charge is 0.344 e. The molecule has 0 bridgehead atoms. The topological polar surface area (TPSA) is 115 Å². The number of carbonyl (C=O) groups excluding carboxylic acids is 2. The Labute approximate surface area is 264 Å². The molecule has 0 saturated heterocycles. The summed E-state index contributed by atoms with van der Waals surface area (Å²) >= 11 is 7.62. The fraction of sp³-hybridized carbons (Fsp3) is 0.375. The number of nitrogens with zero attached hydrogens (tertiary/aromatic N) is 2. The van der Waals surface area contributed by atoms with Gasteiger partial charge in [-0.3, -0.25) is 9.36 Å². The lowest BCUT2D eigenvalue weighted by Gasteiger charge is -2.27. The van der Waals surface area contributed by atoms with Crippen molar-refractivity contribution < 1.29 is 33.3 Å². The first-order chi connectivity index (χ1) is 21.3. The van der Waals surface area contributed by atoms with Crippen LogP contribution in [0, 0.1) is 0 Å². The summed E-state index contributed by atoms with van der Waals surface area (Å²) in [6.45, 7) is 7.78.